The Morgan fingerprint density at radius 3 is 2.42 bits per heavy atom. The molecule has 26 heavy (non-hydrogen) atoms. The molecule has 0 saturated heterocycles. The summed E-state index contributed by atoms with van der Waals surface area (Å²) in [7, 11) is 1.62. The lowest BCUT2D eigenvalue weighted by atomic mass is 10.1. The number of urea groups is 1. The first kappa shape index (κ1) is 18.1. The molecule has 3 rings (SSSR count). The largest absolute Gasteiger partial charge is 0.497 e. The molecule has 136 valence electrons. The van der Waals surface area contributed by atoms with Gasteiger partial charge in [-0.2, -0.15) is 0 Å². The highest BCUT2D eigenvalue weighted by Crippen LogP contribution is 2.35. The van der Waals surface area contributed by atoms with E-state index >= 15 is 0 Å². The predicted octanol–water partition coefficient (Wildman–Crippen LogP) is 5.05. The molecule has 0 saturated carbocycles. The summed E-state index contributed by atoms with van der Waals surface area (Å²) in [6.07, 6.45) is 4.05. The smallest absolute Gasteiger partial charge is 0.319 e. The molecule has 6 heteroatoms. The van der Waals surface area contributed by atoms with E-state index in [1.807, 2.05) is 55.7 Å². The number of hydrogen-bond acceptors (Lipinski definition) is 3. The molecule has 1 atom stereocenters. The summed E-state index contributed by atoms with van der Waals surface area (Å²) >= 11 is 1.74. The van der Waals surface area contributed by atoms with Gasteiger partial charge in [0.1, 0.15) is 10.8 Å². The fourth-order valence-corrected chi connectivity index (χ4v) is 4.13. The van der Waals surface area contributed by atoms with Crippen LogP contribution in [0.15, 0.2) is 48.8 Å². The number of carbonyl (C=O) groups is 1. The average Bonchev–Trinajstić information content (AvgIpc) is 3.24. The van der Waals surface area contributed by atoms with Gasteiger partial charge in [0.2, 0.25) is 0 Å². The Labute approximate surface area is 157 Å². The summed E-state index contributed by atoms with van der Waals surface area (Å²) in [5, 5.41) is 7.05. The molecule has 0 spiro atoms. The summed E-state index contributed by atoms with van der Waals surface area (Å²) in [5.74, 6) is 0.755. The van der Waals surface area contributed by atoms with Gasteiger partial charge in [0, 0.05) is 28.5 Å². The van der Waals surface area contributed by atoms with Gasteiger partial charge in [-0.15, -0.1) is 11.3 Å². The number of ether oxygens (including phenoxy) is 1. The van der Waals surface area contributed by atoms with Gasteiger partial charge in [0.25, 0.3) is 0 Å². The van der Waals surface area contributed by atoms with Gasteiger partial charge in [-0.1, -0.05) is 0 Å². The van der Waals surface area contributed by atoms with E-state index in [1.165, 1.54) is 10.4 Å². The van der Waals surface area contributed by atoms with Crippen molar-refractivity contribution in [3.63, 3.8) is 0 Å². The molecule has 3 aromatic rings. The Balaban J connectivity index is 1.75. The number of rotatable bonds is 5. The van der Waals surface area contributed by atoms with Gasteiger partial charge in [0.05, 0.1) is 13.2 Å². The van der Waals surface area contributed by atoms with E-state index in [2.05, 4.69) is 29.0 Å². The number of hydrogen-bond donors (Lipinski definition) is 2. The molecule has 0 aliphatic heterocycles. The van der Waals surface area contributed by atoms with Crippen LogP contribution in [-0.2, 0) is 0 Å². The van der Waals surface area contributed by atoms with E-state index < -0.39 is 0 Å². The topological polar surface area (TPSA) is 55.3 Å². The van der Waals surface area contributed by atoms with Gasteiger partial charge in [-0.25, -0.2) is 4.79 Å². The van der Waals surface area contributed by atoms with Gasteiger partial charge < -0.3 is 19.9 Å². The summed E-state index contributed by atoms with van der Waals surface area (Å²) < 4.78 is 7.23. The number of thiophene rings is 1. The van der Waals surface area contributed by atoms with Crippen molar-refractivity contribution in [3.8, 4) is 10.8 Å². The number of methoxy groups -OCH3 is 1. The minimum atomic E-state index is -0.232. The lowest BCUT2D eigenvalue weighted by Crippen LogP contribution is -2.31. The number of carbonyl (C=O) groups excluding carboxylic acids is 1. The van der Waals surface area contributed by atoms with Gasteiger partial charge >= 0.3 is 6.03 Å². The van der Waals surface area contributed by atoms with E-state index in [1.54, 1.807) is 18.4 Å². The normalized spacial score (nSPS) is 11.8. The molecule has 0 aliphatic rings. The van der Waals surface area contributed by atoms with Crippen molar-refractivity contribution in [1.82, 2.24) is 9.88 Å². The van der Waals surface area contributed by atoms with Gasteiger partial charge in [-0.05, 0) is 62.7 Å². The summed E-state index contributed by atoms with van der Waals surface area (Å²) in [6, 6.07) is 10.9. The summed E-state index contributed by atoms with van der Waals surface area (Å²) in [6.45, 7) is 6.23. The first-order valence-electron chi connectivity index (χ1n) is 8.44. The van der Waals surface area contributed by atoms with Gasteiger partial charge in [0.15, 0.2) is 0 Å². The molecule has 0 radical (unpaired) electrons. The van der Waals surface area contributed by atoms with Crippen molar-refractivity contribution < 1.29 is 9.53 Å². The highest BCUT2D eigenvalue weighted by molar-refractivity contribution is 7.14. The van der Waals surface area contributed by atoms with E-state index in [0.717, 1.165) is 22.0 Å². The molecule has 0 aliphatic carbocycles. The van der Waals surface area contributed by atoms with Gasteiger partial charge in [-0.3, -0.25) is 0 Å². The number of aromatic nitrogens is 1. The van der Waals surface area contributed by atoms with Crippen molar-refractivity contribution >= 4 is 23.1 Å². The lowest BCUT2D eigenvalue weighted by molar-refractivity contribution is 0.249. The van der Waals surface area contributed by atoms with Crippen LogP contribution < -0.4 is 15.4 Å². The van der Waals surface area contributed by atoms with Crippen molar-refractivity contribution in [2.45, 2.75) is 26.8 Å². The third-order valence-corrected chi connectivity index (χ3v) is 5.62. The van der Waals surface area contributed by atoms with E-state index in [-0.39, 0.29) is 12.1 Å². The van der Waals surface area contributed by atoms with Crippen LogP contribution in [0, 0.1) is 13.8 Å². The van der Waals surface area contributed by atoms with E-state index in [0.29, 0.717) is 0 Å². The first-order valence-corrected chi connectivity index (χ1v) is 9.26. The zero-order chi connectivity index (χ0) is 18.7. The van der Waals surface area contributed by atoms with E-state index in [9.17, 15) is 4.79 Å². The number of nitrogens with zero attached hydrogens (tertiary/aromatic N) is 1. The molecule has 0 unspecified atom stereocenters. The van der Waals surface area contributed by atoms with Crippen LogP contribution >= 0.6 is 11.3 Å². The predicted molar refractivity (Wildman–Crippen MR) is 107 cm³/mol. The average molecular weight is 369 g/mol. The number of benzene rings is 1. The maximum atomic E-state index is 12.4. The Hall–Kier alpha value is -2.73. The SMILES string of the molecule is COc1ccc(NC(=O)N[C@H](C)c2c(-n3cccc3)sc(C)c2C)cc1. The highest BCUT2D eigenvalue weighted by atomic mass is 32.1. The van der Waals surface area contributed by atoms with Crippen LogP contribution in [0.1, 0.15) is 29.0 Å². The molecule has 2 N–H and O–H groups in total. The minimum Gasteiger partial charge on any atom is -0.497 e. The highest BCUT2D eigenvalue weighted by Gasteiger charge is 2.20. The number of amides is 2. The molecule has 0 fully saturated rings. The zero-order valence-electron chi connectivity index (χ0n) is 15.4. The van der Waals surface area contributed by atoms with Crippen LogP contribution in [0.5, 0.6) is 5.75 Å². The third kappa shape index (κ3) is 3.75. The molecule has 2 amide bonds. The van der Waals surface area contributed by atoms with Crippen molar-refractivity contribution in [2.75, 3.05) is 12.4 Å². The zero-order valence-corrected chi connectivity index (χ0v) is 16.2. The standard InChI is InChI=1S/C20H23N3O2S/c1-13-15(3)26-19(23-11-5-6-12-23)18(13)14(2)21-20(24)22-16-7-9-17(25-4)10-8-16/h5-12,14H,1-4H3,(H2,21,22,24)/t14-/m1/s1. The van der Waals surface area contributed by atoms with Crippen LogP contribution in [0.2, 0.25) is 0 Å². The van der Waals surface area contributed by atoms with Crippen LogP contribution in [-0.4, -0.2) is 17.7 Å². The molecule has 5 nitrogen and oxygen atoms in total. The van der Waals surface area contributed by atoms with Crippen molar-refractivity contribution in [1.29, 1.82) is 0 Å². The molecular formula is C20H23N3O2S. The second kappa shape index (κ2) is 7.66. The minimum absolute atomic E-state index is 0.115. The molecule has 0 bridgehead atoms. The molecular weight excluding hydrogens is 346 g/mol. The Kier molecular flexibility index (Phi) is 5.32. The number of anilines is 1. The summed E-state index contributed by atoms with van der Waals surface area (Å²) in [5.41, 5.74) is 3.09. The maximum Gasteiger partial charge on any atom is 0.319 e. The Bertz CT molecular complexity index is 883. The van der Waals surface area contributed by atoms with Crippen LogP contribution in [0.25, 0.3) is 5.00 Å². The van der Waals surface area contributed by atoms with Crippen LogP contribution in [0.4, 0.5) is 10.5 Å². The molecule has 2 aromatic heterocycles. The second-order valence-electron chi connectivity index (χ2n) is 6.14. The second-order valence-corrected chi connectivity index (χ2v) is 7.34. The van der Waals surface area contributed by atoms with Crippen LogP contribution in [0.3, 0.4) is 0 Å². The fourth-order valence-electron chi connectivity index (χ4n) is 2.91. The van der Waals surface area contributed by atoms with Crippen molar-refractivity contribution in [2.24, 2.45) is 0 Å². The maximum absolute atomic E-state index is 12.4. The van der Waals surface area contributed by atoms with E-state index in [4.69, 9.17) is 4.74 Å². The third-order valence-electron chi connectivity index (χ3n) is 4.38. The first-order chi connectivity index (χ1) is 12.5. The quantitative estimate of drug-likeness (QED) is 0.661. The summed E-state index contributed by atoms with van der Waals surface area (Å²) in [4.78, 5) is 13.7. The Morgan fingerprint density at radius 2 is 1.81 bits per heavy atom. The monoisotopic (exact) mass is 369 g/mol. The molecule has 1 aromatic carbocycles. The molecule has 2 heterocycles. The number of nitrogens with one attached hydrogen (secondary N) is 2. The van der Waals surface area contributed by atoms with Crippen molar-refractivity contribution in [3.05, 3.63) is 64.8 Å². The lowest BCUT2D eigenvalue weighted by Gasteiger charge is -2.17. The Morgan fingerprint density at radius 1 is 1.15 bits per heavy atom. The fraction of sp³-hybridized carbons (Fsp3) is 0.250. The number of aryl methyl sites for hydroxylation is 1.